The molecule has 0 bridgehead atoms. The van der Waals surface area contributed by atoms with Gasteiger partial charge in [0.25, 0.3) is 0 Å². The summed E-state index contributed by atoms with van der Waals surface area (Å²) in [5.41, 5.74) is 8.70. The molecule has 0 aliphatic heterocycles. The average molecular weight is 336 g/mol. The van der Waals surface area contributed by atoms with Gasteiger partial charge >= 0.3 is 0 Å². The molecule has 5 heteroatoms. The summed E-state index contributed by atoms with van der Waals surface area (Å²) in [5.74, 6) is 0.0474. The number of allylic oxidation sites excluding steroid dienone is 4. The molecule has 0 amide bonds. The van der Waals surface area contributed by atoms with Crippen LogP contribution in [0.2, 0.25) is 0 Å². The molecule has 0 saturated heterocycles. The maximum absolute atomic E-state index is 12.7. The molecule has 3 N–H and O–H groups in total. The Morgan fingerprint density at radius 1 is 1.32 bits per heavy atom. The molecule has 2 aromatic rings. The second-order valence-corrected chi connectivity index (χ2v) is 7.76. The Hall–Kier alpha value is -2.53. The molecule has 0 saturated carbocycles. The smallest absolute Gasteiger partial charge is 0.171 e. The Morgan fingerprint density at radius 3 is 2.76 bits per heavy atom. The van der Waals surface area contributed by atoms with Crippen molar-refractivity contribution in [1.29, 1.82) is 0 Å². The number of aromatic amines is 1. The molecule has 0 fully saturated rings. The number of Topliss-reactive ketones (excluding diaryl/α,β-unsaturated/α-hetero) is 1. The van der Waals surface area contributed by atoms with Gasteiger partial charge in [-0.25, -0.2) is 9.97 Å². The standard InChI is InChI=1S/C20H24N4O/c1-19(2,3)17(25)14-10-22-18-16(14)24-15(11-23-18)13-6-5-8-20(4,12-21)9-7-13/h5-11H,12,21H2,1-4H3,(H,22,23). The number of carbonyl (C=O) groups is 1. The first-order chi connectivity index (χ1) is 11.7. The van der Waals surface area contributed by atoms with E-state index >= 15 is 0 Å². The van der Waals surface area contributed by atoms with Crippen LogP contribution in [0.1, 0.15) is 43.7 Å². The van der Waals surface area contributed by atoms with Crippen LogP contribution in [-0.2, 0) is 0 Å². The highest BCUT2D eigenvalue weighted by molar-refractivity contribution is 6.08. The van der Waals surface area contributed by atoms with Crippen molar-refractivity contribution >= 4 is 22.5 Å². The van der Waals surface area contributed by atoms with Crippen LogP contribution in [0.4, 0.5) is 0 Å². The lowest BCUT2D eigenvalue weighted by molar-refractivity contribution is 0.0860. The van der Waals surface area contributed by atoms with Gasteiger partial charge in [0.1, 0.15) is 5.52 Å². The van der Waals surface area contributed by atoms with Gasteiger partial charge in [-0.1, -0.05) is 58.1 Å². The first-order valence-corrected chi connectivity index (χ1v) is 8.42. The van der Waals surface area contributed by atoms with E-state index in [1.165, 1.54) is 0 Å². The van der Waals surface area contributed by atoms with Gasteiger partial charge in [0.05, 0.1) is 17.5 Å². The van der Waals surface area contributed by atoms with Gasteiger partial charge in [-0.05, 0) is 0 Å². The molecule has 1 aliphatic rings. The molecule has 2 aromatic heterocycles. The zero-order valence-electron chi connectivity index (χ0n) is 15.1. The van der Waals surface area contributed by atoms with E-state index in [0.717, 1.165) is 11.3 Å². The predicted octanol–water partition coefficient (Wildman–Crippen LogP) is 3.66. The molecular weight excluding hydrogens is 312 g/mol. The van der Waals surface area contributed by atoms with Crippen LogP contribution in [0.25, 0.3) is 16.7 Å². The molecule has 2 heterocycles. The predicted molar refractivity (Wildman–Crippen MR) is 101 cm³/mol. The van der Waals surface area contributed by atoms with E-state index in [-0.39, 0.29) is 11.2 Å². The Balaban J connectivity index is 2.05. The number of nitrogens with zero attached hydrogens (tertiary/aromatic N) is 2. The third-order valence-corrected chi connectivity index (χ3v) is 4.44. The first kappa shape index (κ1) is 17.3. The van der Waals surface area contributed by atoms with Crippen molar-refractivity contribution in [2.75, 3.05) is 6.54 Å². The molecule has 130 valence electrons. The van der Waals surface area contributed by atoms with Crippen molar-refractivity contribution in [3.63, 3.8) is 0 Å². The number of ketones is 1. The van der Waals surface area contributed by atoms with Crippen molar-refractivity contribution in [2.24, 2.45) is 16.6 Å². The van der Waals surface area contributed by atoms with Crippen molar-refractivity contribution in [1.82, 2.24) is 15.0 Å². The Kier molecular flexibility index (Phi) is 4.21. The summed E-state index contributed by atoms with van der Waals surface area (Å²) in [5, 5.41) is 0. The minimum Gasteiger partial charge on any atom is -0.344 e. The molecule has 0 spiro atoms. The van der Waals surface area contributed by atoms with Crippen LogP contribution >= 0.6 is 0 Å². The monoisotopic (exact) mass is 336 g/mol. The summed E-state index contributed by atoms with van der Waals surface area (Å²) in [6, 6.07) is 0. The topological polar surface area (TPSA) is 84.7 Å². The molecule has 0 radical (unpaired) electrons. The quantitative estimate of drug-likeness (QED) is 0.838. The number of rotatable bonds is 3. The molecule has 1 atom stereocenters. The van der Waals surface area contributed by atoms with E-state index in [2.05, 4.69) is 29.0 Å². The van der Waals surface area contributed by atoms with Gasteiger partial charge in [-0.15, -0.1) is 0 Å². The lowest BCUT2D eigenvalue weighted by Crippen LogP contribution is -2.22. The van der Waals surface area contributed by atoms with Crippen LogP contribution in [-0.4, -0.2) is 27.3 Å². The molecule has 1 aliphatic carbocycles. The Morgan fingerprint density at radius 2 is 2.08 bits per heavy atom. The van der Waals surface area contributed by atoms with Gasteiger partial charge in [-0.2, -0.15) is 0 Å². The van der Waals surface area contributed by atoms with Crippen LogP contribution < -0.4 is 5.73 Å². The number of nitrogens with one attached hydrogen (secondary N) is 1. The summed E-state index contributed by atoms with van der Waals surface area (Å²) in [6.07, 6.45) is 13.6. The second kappa shape index (κ2) is 6.08. The molecule has 5 nitrogen and oxygen atoms in total. The van der Waals surface area contributed by atoms with Crippen LogP contribution in [0.15, 0.2) is 42.8 Å². The van der Waals surface area contributed by atoms with Crippen molar-refractivity contribution < 1.29 is 4.79 Å². The van der Waals surface area contributed by atoms with Crippen LogP contribution in [0.3, 0.4) is 0 Å². The average Bonchev–Trinajstić information content (AvgIpc) is 2.88. The molecular formula is C20H24N4O. The van der Waals surface area contributed by atoms with E-state index in [1.807, 2.05) is 39.0 Å². The zero-order valence-corrected chi connectivity index (χ0v) is 15.1. The highest BCUT2D eigenvalue weighted by Crippen LogP contribution is 2.28. The normalized spacial score (nSPS) is 20.6. The van der Waals surface area contributed by atoms with Crippen LogP contribution in [0, 0.1) is 10.8 Å². The number of fused-ring (bicyclic) bond motifs is 1. The van der Waals surface area contributed by atoms with Gasteiger partial charge in [0.2, 0.25) is 0 Å². The van der Waals surface area contributed by atoms with E-state index in [0.29, 0.717) is 23.3 Å². The number of H-pyrrole nitrogens is 1. The van der Waals surface area contributed by atoms with E-state index < -0.39 is 5.41 Å². The van der Waals surface area contributed by atoms with Gasteiger partial charge in [0.15, 0.2) is 11.4 Å². The van der Waals surface area contributed by atoms with Crippen molar-refractivity contribution in [2.45, 2.75) is 27.7 Å². The third-order valence-electron chi connectivity index (χ3n) is 4.44. The zero-order chi connectivity index (χ0) is 18.2. The minimum absolute atomic E-state index is 0.0474. The number of carbonyl (C=O) groups excluding carboxylic acids is 1. The summed E-state index contributed by atoms with van der Waals surface area (Å²) in [6.45, 7) is 8.33. The summed E-state index contributed by atoms with van der Waals surface area (Å²) in [7, 11) is 0. The van der Waals surface area contributed by atoms with Crippen molar-refractivity contribution in [3.05, 3.63) is 54.0 Å². The van der Waals surface area contributed by atoms with Gasteiger partial charge in [0, 0.05) is 29.1 Å². The summed E-state index contributed by atoms with van der Waals surface area (Å²) in [4.78, 5) is 24.9. The minimum atomic E-state index is -0.472. The molecule has 1 unspecified atom stereocenters. The van der Waals surface area contributed by atoms with E-state index in [4.69, 9.17) is 10.7 Å². The number of nitrogens with two attached hydrogens (primary N) is 1. The molecule has 0 aromatic carbocycles. The first-order valence-electron chi connectivity index (χ1n) is 8.42. The van der Waals surface area contributed by atoms with Gasteiger partial charge in [-0.3, -0.25) is 4.79 Å². The highest BCUT2D eigenvalue weighted by Gasteiger charge is 2.26. The molecule has 3 rings (SSSR count). The number of hydrogen-bond donors (Lipinski definition) is 2. The fourth-order valence-electron chi connectivity index (χ4n) is 2.68. The third kappa shape index (κ3) is 3.33. The maximum Gasteiger partial charge on any atom is 0.171 e. The van der Waals surface area contributed by atoms with Crippen LogP contribution in [0.5, 0.6) is 0 Å². The van der Waals surface area contributed by atoms with E-state index in [1.54, 1.807) is 12.4 Å². The van der Waals surface area contributed by atoms with Gasteiger partial charge < -0.3 is 10.7 Å². The lowest BCUT2D eigenvalue weighted by atomic mass is 9.87. The molecule has 25 heavy (non-hydrogen) atoms. The SMILES string of the molecule is CC1(CN)C=CC=C(c2cnc3[nH]cc(C(=O)C(C)(C)C)c3n2)C=C1. The number of aromatic nitrogens is 3. The van der Waals surface area contributed by atoms with Crippen molar-refractivity contribution in [3.8, 4) is 0 Å². The highest BCUT2D eigenvalue weighted by atomic mass is 16.1. The number of hydrogen-bond acceptors (Lipinski definition) is 4. The largest absolute Gasteiger partial charge is 0.344 e. The Labute approximate surface area is 147 Å². The maximum atomic E-state index is 12.7. The van der Waals surface area contributed by atoms with E-state index in [9.17, 15) is 4.79 Å². The fourth-order valence-corrected chi connectivity index (χ4v) is 2.68. The Bertz CT molecular complexity index is 911. The lowest BCUT2D eigenvalue weighted by Gasteiger charge is -2.17. The second-order valence-electron chi connectivity index (χ2n) is 7.76. The fraction of sp³-hybridized carbons (Fsp3) is 0.350. The summed E-state index contributed by atoms with van der Waals surface area (Å²) < 4.78 is 0. The summed E-state index contributed by atoms with van der Waals surface area (Å²) >= 11 is 0.